The van der Waals surface area contributed by atoms with Crippen molar-refractivity contribution < 1.29 is 31.7 Å². The summed E-state index contributed by atoms with van der Waals surface area (Å²) >= 11 is 6.23. The zero-order chi connectivity index (χ0) is 47.7. The van der Waals surface area contributed by atoms with Gasteiger partial charge in [-0.2, -0.15) is 8.42 Å². The standard InChI is InChI=1S/C25H29N3O2.C13H18N2.C13H15NO5S.CHIS.CH4/c1-19-9-10-23-21(16-19)25-22(18-29-23)24(30-26-25)17-28-14-12-27(13-15-28)11-5-8-20-6-3-2-4-7-20;1-2-5-13(6-3-1)7-4-10-15-11-8-14-9-12-15;1-8-3-4-11-9(5-8)13-10(6-17-11)12(19-14-13)7-18-20(2,15)16;2-1-3;/h2-10,16,22,24H,11-15,17-18H2,1H3;1-7,14H,8-12H2;3-5,10,12H,6-7H2,1-2H3;1H;1H4/b8-5+;7-4+;;;. The molecular weight excluding hydrogens is 1020 g/mol. The molecule has 4 atom stereocenters. The highest BCUT2D eigenvalue weighted by molar-refractivity contribution is 14.1. The van der Waals surface area contributed by atoms with Gasteiger partial charge >= 0.3 is 0 Å². The van der Waals surface area contributed by atoms with Crippen LogP contribution < -0.4 is 14.8 Å². The molecule has 4 unspecified atom stereocenters. The predicted octanol–water partition coefficient (Wildman–Crippen LogP) is 8.14. The highest BCUT2D eigenvalue weighted by Gasteiger charge is 2.42. The Morgan fingerprint density at radius 1 is 0.696 bits per heavy atom. The summed E-state index contributed by atoms with van der Waals surface area (Å²) in [7, 11) is -3.49. The van der Waals surface area contributed by atoms with Crippen LogP contribution in [0.2, 0.25) is 0 Å². The predicted molar refractivity (Wildman–Crippen MR) is 291 cm³/mol. The number of halogens is 1. The normalized spacial score (nSPS) is 21.7. The highest BCUT2D eigenvalue weighted by Crippen LogP contribution is 2.36. The van der Waals surface area contributed by atoms with Gasteiger partial charge in [0.2, 0.25) is 0 Å². The molecule has 0 bridgehead atoms. The molecule has 0 spiro atoms. The van der Waals surface area contributed by atoms with Crippen molar-refractivity contribution in [2.45, 2.75) is 33.5 Å². The first-order valence-corrected chi connectivity index (χ1v) is 26.7. The van der Waals surface area contributed by atoms with Gasteiger partial charge in [-0.25, -0.2) is 0 Å². The molecule has 6 aliphatic rings. The van der Waals surface area contributed by atoms with Crippen LogP contribution in [0.5, 0.6) is 11.5 Å². The minimum Gasteiger partial charge on any atom is -0.492 e. The smallest absolute Gasteiger partial charge is 0.264 e. The lowest BCUT2D eigenvalue weighted by Gasteiger charge is -2.36. The van der Waals surface area contributed by atoms with E-state index >= 15 is 0 Å². The Bertz CT molecular complexity index is 2480. The van der Waals surface area contributed by atoms with E-state index in [4.69, 9.17) is 23.3 Å². The van der Waals surface area contributed by atoms with Gasteiger partial charge < -0.3 is 24.5 Å². The van der Waals surface area contributed by atoms with Crippen LogP contribution in [-0.4, -0.2) is 148 Å². The van der Waals surface area contributed by atoms with Crippen LogP contribution >= 0.6 is 34.8 Å². The van der Waals surface area contributed by atoms with Crippen LogP contribution in [0.15, 0.2) is 120 Å². The highest BCUT2D eigenvalue weighted by atomic mass is 127. The Balaban J connectivity index is 0.000000174. The van der Waals surface area contributed by atoms with Crippen molar-refractivity contribution in [3.63, 3.8) is 0 Å². The monoisotopic (exact) mass is 1090 g/mol. The SMILES string of the molecule is C.C(=C\c1ccccc1)/CN1CCNCC1.Cc1ccc2c(c1)C1=NOC(CN3CCN(C/C=C/c4ccccc4)CC3)C1CO2.Cc1ccc2c(c1)C1=NOC(COS(C)(=O)=O)C1CO2.S=CI. The van der Waals surface area contributed by atoms with E-state index in [1.807, 2.05) is 59.8 Å². The number of thiocarbonyl (C=S) groups is 1. The third-order valence-electron chi connectivity index (χ3n) is 12.3. The molecule has 2 fully saturated rings. The minimum absolute atomic E-state index is 0. The summed E-state index contributed by atoms with van der Waals surface area (Å²) in [6, 6.07) is 33.1. The number of nitrogens with one attached hydrogen (secondary N) is 1. The molecule has 13 nitrogen and oxygen atoms in total. The maximum atomic E-state index is 11.0. The lowest BCUT2D eigenvalue weighted by molar-refractivity contribution is 0.0103. The van der Waals surface area contributed by atoms with Crippen molar-refractivity contribution in [1.82, 2.24) is 20.0 Å². The third kappa shape index (κ3) is 16.3. The fourth-order valence-corrected chi connectivity index (χ4v) is 9.04. The number of piperazine rings is 2. The molecule has 370 valence electrons. The minimum atomic E-state index is -3.49. The third-order valence-corrected chi connectivity index (χ3v) is 12.9. The van der Waals surface area contributed by atoms with Crippen LogP contribution in [0.4, 0.5) is 0 Å². The lowest BCUT2D eigenvalue weighted by Crippen LogP contribution is -2.50. The number of benzene rings is 4. The van der Waals surface area contributed by atoms with Crippen LogP contribution in [0.3, 0.4) is 0 Å². The van der Waals surface area contributed by atoms with Crippen molar-refractivity contribution in [3.8, 4) is 11.5 Å². The van der Waals surface area contributed by atoms with E-state index in [0.717, 1.165) is 105 Å². The Kier molecular flexibility index (Phi) is 21.2. The number of ether oxygens (including phenoxy) is 2. The summed E-state index contributed by atoms with van der Waals surface area (Å²) < 4.78 is 40.1. The van der Waals surface area contributed by atoms with Crippen molar-refractivity contribution in [1.29, 1.82) is 0 Å². The maximum Gasteiger partial charge on any atom is 0.264 e. The van der Waals surface area contributed by atoms with Gasteiger partial charge in [0.15, 0.2) is 12.2 Å². The van der Waals surface area contributed by atoms with Crippen molar-refractivity contribution in [2.75, 3.05) is 98.1 Å². The van der Waals surface area contributed by atoms with Crippen LogP contribution in [-0.2, 0) is 24.0 Å². The fraction of sp³-hybridized carbons (Fsp3) is 0.415. The van der Waals surface area contributed by atoms with Crippen molar-refractivity contribution >= 4 is 71.9 Å². The van der Waals surface area contributed by atoms with E-state index in [2.05, 4.69) is 141 Å². The van der Waals surface area contributed by atoms with E-state index in [1.165, 1.54) is 29.8 Å². The molecule has 0 aromatic heterocycles. The van der Waals surface area contributed by atoms with Gasteiger partial charge in [-0.3, -0.25) is 18.9 Å². The molecule has 16 heteroatoms. The molecule has 0 radical (unpaired) electrons. The zero-order valence-corrected chi connectivity index (χ0v) is 42.9. The zero-order valence-electron chi connectivity index (χ0n) is 39.1. The Labute approximate surface area is 428 Å². The molecule has 0 aliphatic carbocycles. The number of oxime groups is 2. The van der Waals surface area contributed by atoms with E-state index < -0.39 is 16.2 Å². The molecule has 69 heavy (non-hydrogen) atoms. The van der Waals surface area contributed by atoms with E-state index in [9.17, 15) is 8.42 Å². The van der Waals surface area contributed by atoms with Crippen LogP contribution in [0.1, 0.15) is 40.8 Å². The second-order valence-electron chi connectivity index (χ2n) is 17.4. The number of hydrogen-bond acceptors (Lipinski definition) is 14. The van der Waals surface area contributed by atoms with E-state index in [0.29, 0.717) is 13.2 Å². The first-order valence-electron chi connectivity index (χ1n) is 23.2. The molecule has 6 aliphatic heterocycles. The van der Waals surface area contributed by atoms with E-state index in [1.54, 1.807) is 3.37 Å². The summed E-state index contributed by atoms with van der Waals surface area (Å²) in [4.78, 5) is 18.7. The summed E-state index contributed by atoms with van der Waals surface area (Å²) in [5.41, 5.74) is 8.75. The number of aryl methyl sites for hydroxylation is 2. The average molecular weight is 1090 g/mol. The van der Waals surface area contributed by atoms with E-state index in [-0.39, 0.29) is 32.0 Å². The Hall–Kier alpha value is -4.53. The van der Waals surface area contributed by atoms with Crippen LogP contribution in [0.25, 0.3) is 12.2 Å². The summed E-state index contributed by atoms with van der Waals surface area (Å²) in [5, 5.41) is 11.9. The molecule has 2 saturated heterocycles. The van der Waals surface area contributed by atoms with Gasteiger partial charge in [0.1, 0.15) is 42.7 Å². The first-order chi connectivity index (χ1) is 33.1. The summed E-state index contributed by atoms with van der Waals surface area (Å²) in [6.07, 6.45) is 9.58. The number of nitrogens with zero attached hydrogens (tertiary/aromatic N) is 5. The second kappa shape index (κ2) is 27.2. The Morgan fingerprint density at radius 3 is 1.64 bits per heavy atom. The largest absolute Gasteiger partial charge is 0.492 e. The van der Waals surface area contributed by atoms with Crippen molar-refractivity contribution in [2.24, 2.45) is 22.1 Å². The van der Waals surface area contributed by atoms with Gasteiger partial charge in [0, 0.05) is 86.5 Å². The van der Waals surface area contributed by atoms with Gasteiger partial charge in [-0.05, 0) is 71.8 Å². The molecule has 6 heterocycles. The summed E-state index contributed by atoms with van der Waals surface area (Å²) in [5.74, 6) is 1.83. The van der Waals surface area contributed by atoms with Gasteiger partial charge in [-0.1, -0.05) is 138 Å². The topological polar surface area (TPSA) is 127 Å². The Morgan fingerprint density at radius 2 is 1.14 bits per heavy atom. The van der Waals surface area contributed by atoms with Crippen molar-refractivity contribution in [3.05, 3.63) is 143 Å². The van der Waals surface area contributed by atoms with Gasteiger partial charge in [-0.15, -0.1) is 0 Å². The number of hydrogen-bond donors (Lipinski definition) is 1. The van der Waals surface area contributed by atoms with Gasteiger partial charge in [0.25, 0.3) is 10.1 Å². The molecule has 4 aromatic rings. The molecule has 4 aromatic carbocycles. The molecule has 0 saturated carbocycles. The van der Waals surface area contributed by atoms with Crippen LogP contribution in [0, 0.1) is 25.7 Å². The molecule has 10 rings (SSSR count). The fourth-order valence-electron chi connectivity index (χ4n) is 8.66. The maximum absolute atomic E-state index is 11.0. The summed E-state index contributed by atoms with van der Waals surface area (Å²) in [6.45, 7) is 17.0. The number of fused-ring (bicyclic) bond motifs is 6. The number of rotatable bonds is 11. The quantitative estimate of drug-likeness (QED) is 0.0675. The lowest BCUT2D eigenvalue weighted by atomic mass is 9.89. The average Bonchev–Trinajstić information content (AvgIpc) is 3.97. The molecular formula is C53H67IN6O7S2. The second-order valence-corrected chi connectivity index (χ2v) is 20.8. The molecule has 0 amide bonds. The molecule has 1 N–H and O–H groups in total. The van der Waals surface area contributed by atoms with Gasteiger partial charge in [0.05, 0.1) is 18.1 Å². The first kappa shape index (κ1) is 53.8.